The van der Waals surface area contributed by atoms with Gasteiger partial charge in [0.05, 0.1) is 0 Å². The summed E-state index contributed by atoms with van der Waals surface area (Å²) in [5, 5.41) is 3.21. The van der Waals surface area contributed by atoms with Crippen LogP contribution >= 0.6 is 12.4 Å². The van der Waals surface area contributed by atoms with E-state index in [0.717, 1.165) is 12.6 Å². The summed E-state index contributed by atoms with van der Waals surface area (Å²) in [5.41, 5.74) is 4.33. The Bertz CT molecular complexity index is 313. The quantitative estimate of drug-likeness (QED) is 0.819. The molecule has 2 nitrogen and oxygen atoms in total. The van der Waals surface area contributed by atoms with Gasteiger partial charge in [-0.3, -0.25) is 0 Å². The molecule has 1 fully saturated rings. The van der Waals surface area contributed by atoms with Gasteiger partial charge >= 0.3 is 0 Å². The minimum absolute atomic E-state index is 0. The molecule has 0 aromatic carbocycles. The second-order valence-corrected chi connectivity index (χ2v) is 4.03. The summed E-state index contributed by atoms with van der Waals surface area (Å²) in [6, 6.07) is 3.12. The first kappa shape index (κ1) is 11.6. The van der Waals surface area contributed by atoms with Crippen molar-refractivity contribution < 1.29 is 0 Å². The largest absolute Gasteiger partial charge is 0.346 e. The Morgan fingerprint density at radius 2 is 2.07 bits per heavy atom. The molecule has 1 aromatic rings. The number of hydrogen-bond donors (Lipinski definition) is 1. The zero-order chi connectivity index (χ0) is 9.42. The number of nitrogens with one attached hydrogen (secondary N) is 1. The molecular formula is C11H19ClN2. The standard InChI is InChI=1S/C11H18N2.ClH/c1-8-6-10(7-12-3)9(2)13(8)11-4-5-11;/h6,11-12H,4-5,7H2,1-3H3;1H. The molecule has 1 aliphatic rings. The van der Waals surface area contributed by atoms with Crippen LogP contribution in [-0.2, 0) is 6.54 Å². The van der Waals surface area contributed by atoms with Crippen molar-refractivity contribution in [1.29, 1.82) is 0 Å². The molecule has 1 aliphatic carbocycles. The van der Waals surface area contributed by atoms with Crippen molar-refractivity contribution in [3.8, 4) is 0 Å². The fourth-order valence-electron chi connectivity index (χ4n) is 2.11. The highest BCUT2D eigenvalue weighted by Crippen LogP contribution is 2.38. The van der Waals surface area contributed by atoms with Crippen molar-refractivity contribution >= 4 is 12.4 Å². The average Bonchev–Trinajstić information content (AvgIpc) is 2.84. The van der Waals surface area contributed by atoms with E-state index in [0.29, 0.717) is 0 Å². The molecule has 0 spiro atoms. The van der Waals surface area contributed by atoms with E-state index in [1.807, 2.05) is 7.05 Å². The lowest BCUT2D eigenvalue weighted by molar-refractivity contribution is 0.691. The molecule has 2 rings (SSSR count). The normalized spacial score (nSPS) is 15.4. The topological polar surface area (TPSA) is 17.0 Å². The Morgan fingerprint density at radius 3 is 2.57 bits per heavy atom. The lowest BCUT2D eigenvalue weighted by Gasteiger charge is -2.07. The Kier molecular flexibility index (Phi) is 3.62. The Balaban J connectivity index is 0.000000980. The maximum Gasteiger partial charge on any atom is 0.0337 e. The highest BCUT2D eigenvalue weighted by Gasteiger charge is 2.26. The maximum absolute atomic E-state index is 3.21. The number of halogens is 1. The summed E-state index contributed by atoms with van der Waals surface area (Å²) in [4.78, 5) is 0. The summed E-state index contributed by atoms with van der Waals surface area (Å²) in [6.45, 7) is 5.44. The third-order valence-corrected chi connectivity index (χ3v) is 2.87. The minimum Gasteiger partial charge on any atom is -0.346 e. The second kappa shape index (κ2) is 4.37. The van der Waals surface area contributed by atoms with E-state index in [1.165, 1.54) is 29.8 Å². The highest BCUT2D eigenvalue weighted by atomic mass is 35.5. The first-order chi connectivity index (χ1) is 6.24. The maximum atomic E-state index is 3.21. The molecule has 1 saturated carbocycles. The van der Waals surface area contributed by atoms with Crippen molar-refractivity contribution in [2.45, 2.75) is 39.3 Å². The summed E-state index contributed by atoms with van der Waals surface area (Å²) < 4.78 is 2.49. The molecule has 0 unspecified atom stereocenters. The van der Waals surface area contributed by atoms with E-state index in [-0.39, 0.29) is 12.4 Å². The van der Waals surface area contributed by atoms with E-state index in [1.54, 1.807) is 0 Å². The third kappa shape index (κ3) is 1.96. The van der Waals surface area contributed by atoms with E-state index < -0.39 is 0 Å². The number of rotatable bonds is 3. The highest BCUT2D eigenvalue weighted by molar-refractivity contribution is 5.85. The Labute approximate surface area is 92.1 Å². The second-order valence-electron chi connectivity index (χ2n) is 4.03. The molecule has 1 heterocycles. The Hall–Kier alpha value is -0.470. The fourth-order valence-corrected chi connectivity index (χ4v) is 2.11. The zero-order valence-electron chi connectivity index (χ0n) is 9.13. The molecule has 0 atom stereocenters. The van der Waals surface area contributed by atoms with E-state index in [9.17, 15) is 0 Å². The van der Waals surface area contributed by atoms with E-state index in [2.05, 4.69) is 29.8 Å². The minimum atomic E-state index is 0. The Morgan fingerprint density at radius 1 is 1.43 bits per heavy atom. The summed E-state index contributed by atoms with van der Waals surface area (Å²) in [6.07, 6.45) is 2.74. The average molecular weight is 215 g/mol. The van der Waals surface area contributed by atoms with Gasteiger partial charge in [0.1, 0.15) is 0 Å². The number of aryl methyl sites for hydroxylation is 1. The van der Waals surface area contributed by atoms with Crippen LogP contribution < -0.4 is 5.32 Å². The van der Waals surface area contributed by atoms with Crippen LogP contribution in [0.5, 0.6) is 0 Å². The summed E-state index contributed by atoms with van der Waals surface area (Å²) in [5.74, 6) is 0. The molecule has 0 aliphatic heterocycles. The van der Waals surface area contributed by atoms with Crippen molar-refractivity contribution in [1.82, 2.24) is 9.88 Å². The van der Waals surface area contributed by atoms with Gasteiger partial charge in [0.15, 0.2) is 0 Å². The molecule has 0 saturated heterocycles. The lowest BCUT2D eigenvalue weighted by atomic mass is 10.2. The van der Waals surface area contributed by atoms with E-state index in [4.69, 9.17) is 0 Å². The predicted molar refractivity (Wildman–Crippen MR) is 62.2 cm³/mol. The molecule has 1 aromatic heterocycles. The zero-order valence-corrected chi connectivity index (χ0v) is 9.95. The summed E-state index contributed by atoms with van der Waals surface area (Å²) >= 11 is 0. The molecule has 3 heteroatoms. The van der Waals surface area contributed by atoms with Gasteiger partial charge in [0.2, 0.25) is 0 Å². The molecule has 14 heavy (non-hydrogen) atoms. The van der Waals surface area contributed by atoms with Gasteiger partial charge in [-0.15, -0.1) is 12.4 Å². The number of hydrogen-bond acceptors (Lipinski definition) is 1. The van der Waals surface area contributed by atoms with Crippen molar-refractivity contribution in [2.75, 3.05) is 7.05 Å². The first-order valence-corrected chi connectivity index (χ1v) is 5.06. The van der Waals surface area contributed by atoms with Crippen LogP contribution in [0.1, 0.15) is 35.8 Å². The van der Waals surface area contributed by atoms with Gasteiger partial charge in [-0.05, 0) is 45.4 Å². The van der Waals surface area contributed by atoms with Gasteiger partial charge in [-0.25, -0.2) is 0 Å². The number of nitrogens with zero attached hydrogens (tertiary/aromatic N) is 1. The molecule has 0 radical (unpaired) electrons. The first-order valence-electron chi connectivity index (χ1n) is 5.06. The van der Waals surface area contributed by atoms with Gasteiger partial charge < -0.3 is 9.88 Å². The van der Waals surface area contributed by atoms with Crippen LogP contribution in [0, 0.1) is 13.8 Å². The van der Waals surface area contributed by atoms with Gasteiger partial charge in [0, 0.05) is 24.0 Å². The smallest absolute Gasteiger partial charge is 0.0337 e. The van der Waals surface area contributed by atoms with Crippen molar-refractivity contribution in [3.05, 3.63) is 23.0 Å². The molecule has 1 N–H and O–H groups in total. The number of aromatic nitrogens is 1. The lowest BCUT2D eigenvalue weighted by Crippen LogP contribution is -2.06. The van der Waals surface area contributed by atoms with Gasteiger partial charge in [-0.1, -0.05) is 0 Å². The van der Waals surface area contributed by atoms with Crippen LogP contribution in [0.4, 0.5) is 0 Å². The van der Waals surface area contributed by atoms with Gasteiger partial charge in [0.25, 0.3) is 0 Å². The fraction of sp³-hybridized carbons (Fsp3) is 0.636. The SMILES string of the molecule is CNCc1cc(C)n(C2CC2)c1C.Cl. The van der Waals surface area contributed by atoms with E-state index >= 15 is 0 Å². The molecule has 0 amide bonds. The van der Waals surface area contributed by atoms with Crippen LogP contribution in [0.2, 0.25) is 0 Å². The van der Waals surface area contributed by atoms with Crippen LogP contribution in [0.25, 0.3) is 0 Å². The predicted octanol–water partition coefficient (Wildman–Crippen LogP) is 2.58. The van der Waals surface area contributed by atoms with Crippen LogP contribution in [-0.4, -0.2) is 11.6 Å². The van der Waals surface area contributed by atoms with Crippen molar-refractivity contribution in [2.24, 2.45) is 0 Å². The third-order valence-electron chi connectivity index (χ3n) is 2.87. The molecular weight excluding hydrogens is 196 g/mol. The molecule has 80 valence electrons. The summed E-state index contributed by atoms with van der Waals surface area (Å²) in [7, 11) is 2.00. The monoisotopic (exact) mass is 214 g/mol. The van der Waals surface area contributed by atoms with Gasteiger partial charge in [-0.2, -0.15) is 0 Å². The molecule has 0 bridgehead atoms. The van der Waals surface area contributed by atoms with Crippen LogP contribution in [0.3, 0.4) is 0 Å². The van der Waals surface area contributed by atoms with Crippen molar-refractivity contribution in [3.63, 3.8) is 0 Å². The van der Waals surface area contributed by atoms with Crippen LogP contribution in [0.15, 0.2) is 6.07 Å².